The molecule has 3 rings (SSSR count). The van der Waals surface area contributed by atoms with Crippen molar-refractivity contribution >= 4 is 11.5 Å². The summed E-state index contributed by atoms with van der Waals surface area (Å²) in [4.78, 5) is 12.3. The van der Waals surface area contributed by atoms with Crippen LogP contribution in [0, 0.1) is 5.92 Å². The fourth-order valence-electron chi connectivity index (χ4n) is 3.25. The Labute approximate surface area is 109 Å². The van der Waals surface area contributed by atoms with Gasteiger partial charge in [0.05, 0.1) is 0 Å². The predicted molar refractivity (Wildman–Crippen MR) is 74.2 cm³/mol. The number of benzene rings is 1. The van der Waals surface area contributed by atoms with Gasteiger partial charge in [0.1, 0.15) is 0 Å². The molecule has 1 aliphatic heterocycles. The summed E-state index contributed by atoms with van der Waals surface area (Å²) in [5, 5.41) is 3.34. The second kappa shape index (κ2) is 5.13. The minimum Gasteiger partial charge on any atom is -0.384 e. The number of hydrogen-bond acceptors (Lipinski definition) is 2. The number of anilines is 1. The molecule has 1 aromatic carbocycles. The first-order chi connectivity index (χ1) is 8.83. The smallest absolute Gasteiger partial charge is 0.163 e. The average Bonchev–Trinajstić information content (AvgIpc) is 2.87. The summed E-state index contributed by atoms with van der Waals surface area (Å²) in [5.74, 6) is 0.981. The number of fused-ring (bicyclic) bond motifs is 1. The Kier molecular flexibility index (Phi) is 3.35. The summed E-state index contributed by atoms with van der Waals surface area (Å²) in [7, 11) is 0. The Morgan fingerprint density at radius 2 is 2.06 bits per heavy atom. The van der Waals surface area contributed by atoms with Crippen LogP contribution in [-0.4, -0.2) is 12.3 Å². The molecule has 96 valence electrons. The normalized spacial score (nSPS) is 19.3. The van der Waals surface area contributed by atoms with Crippen molar-refractivity contribution in [1.29, 1.82) is 0 Å². The Bertz CT molecular complexity index is 446. The van der Waals surface area contributed by atoms with Crippen LogP contribution in [0.15, 0.2) is 18.2 Å². The van der Waals surface area contributed by atoms with E-state index < -0.39 is 0 Å². The maximum Gasteiger partial charge on any atom is 0.163 e. The molecule has 1 fully saturated rings. The van der Waals surface area contributed by atoms with Crippen molar-refractivity contribution < 1.29 is 4.79 Å². The molecule has 1 aliphatic carbocycles. The quantitative estimate of drug-likeness (QED) is 0.818. The second-order valence-corrected chi connectivity index (χ2v) is 5.68. The highest BCUT2D eigenvalue weighted by molar-refractivity contribution is 5.97. The topological polar surface area (TPSA) is 29.1 Å². The Hall–Kier alpha value is -1.31. The molecule has 2 heteroatoms. The highest BCUT2D eigenvalue weighted by atomic mass is 16.1. The van der Waals surface area contributed by atoms with Crippen LogP contribution in [0.1, 0.15) is 54.4 Å². The van der Waals surface area contributed by atoms with E-state index in [0.29, 0.717) is 11.7 Å². The Balaban J connectivity index is 1.68. The molecule has 0 aromatic heterocycles. The van der Waals surface area contributed by atoms with Crippen molar-refractivity contribution in [3.63, 3.8) is 0 Å². The van der Waals surface area contributed by atoms with Gasteiger partial charge in [0.25, 0.3) is 0 Å². The third-order valence-corrected chi connectivity index (χ3v) is 4.34. The zero-order valence-electron chi connectivity index (χ0n) is 10.9. The molecule has 2 nitrogen and oxygen atoms in total. The summed E-state index contributed by atoms with van der Waals surface area (Å²) in [6.07, 6.45) is 8.29. The van der Waals surface area contributed by atoms with E-state index in [1.165, 1.54) is 43.4 Å². The standard InChI is InChI=1S/C16H21NO/c18-16(10-12-4-2-1-3-5-12)14-6-7-15-13(11-14)8-9-17-15/h6-7,11-12,17H,1-5,8-10H2. The number of carbonyl (C=O) groups excluding carboxylic acids is 1. The maximum absolute atomic E-state index is 12.3. The van der Waals surface area contributed by atoms with Crippen LogP contribution in [0.4, 0.5) is 5.69 Å². The van der Waals surface area contributed by atoms with Crippen LogP contribution >= 0.6 is 0 Å². The molecule has 1 aromatic rings. The van der Waals surface area contributed by atoms with Crippen molar-refractivity contribution in [1.82, 2.24) is 0 Å². The van der Waals surface area contributed by atoms with Crippen LogP contribution < -0.4 is 5.32 Å². The molecule has 0 spiro atoms. The van der Waals surface area contributed by atoms with Crippen molar-refractivity contribution in [3.8, 4) is 0 Å². The molecule has 0 unspecified atom stereocenters. The van der Waals surface area contributed by atoms with Gasteiger partial charge in [0, 0.05) is 24.2 Å². The minimum atomic E-state index is 0.344. The average molecular weight is 243 g/mol. The van der Waals surface area contributed by atoms with Gasteiger partial charge in [-0.05, 0) is 36.1 Å². The summed E-state index contributed by atoms with van der Waals surface area (Å²) < 4.78 is 0. The van der Waals surface area contributed by atoms with Crippen LogP contribution in [0.25, 0.3) is 0 Å². The highest BCUT2D eigenvalue weighted by Crippen LogP contribution is 2.29. The minimum absolute atomic E-state index is 0.344. The molecule has 0 radical (unpaired) electrons. The molecule has 1 saturated carbocycles. The summed E-state index contributed by atoms with van der Waals surface area (Å²) >= 11 is 0. The summed E-state index contributed by atoms with van der Waals surface area (Å²) in [6, 6.07) is 6.15. The van der Waals surface area contributed by atoms with E-state index >= 15 is 0 Å². The number of Topliss-reactive ketones (excluding diaryl/α,β-unsaturated/α-hetero) is 1. The molecule has 18 heavy (non-hydrogen) atoms. The van der Waals surface area contributed by atoms with Gasteiger partial charge >= 0.3 is 0 Å². The number of carbonyl (C=O) groups is 1. The lowest BCUT2D eigenvalue weighted by molar-refractivity contribution is 0.0950. The molecular weight excluding hydrogens is 222 g/mol. The first-order valence-corrected chi connectivity index (χ1v) is 7.23. The monoisotopic (exact) mass is 243 g/mol. The van der Waals surface area contributed by atoms with Gasteiger partial charge in [-0.1, -0.05) is 32.1 Å². The van der Waals surface area contributed by atoms with Crippen LogP contribution in [-0.2, 0) is 6.42 Å². The van der Waals surface area contributed by atoms with E-state index in [0.717, 1.165) is 24.9 Å². The van der Waals surface area contributed by atoms with Crippen molar-refractivity contribution in [2.45, 2.75) is 44.9 Å². The summed E-state index contributed by atoms with van der Waals surface area (Å²) in [5.41, 5.74) is 3.44. The first kappa shape index (κ1) is 11.8. The lowest BCUT2D eigenvalue weighted by Gasteiger charge is -2.20. The maximum atomic E-state index is 12.3. The lowest BCUT2D eigenvalue weighted by Crippen LogP contribution is -2.12. The molecule has 0 atom stereocenters. The van der Waals surface area contributed by atoms with Gasteiger partial charge < -0.3 is 5.32 Å². The van der Waals surface area contributed by atoms with Gasteiger partial charge in [-0.15, -0.1) is 0 Å². The van der Waals surface area contributed by atoms with E-state index in [4.69, 9.17) is 0 Å². The highest BCUT2D eigenvalue weighted by Gasteiger charge is 2.19. The fourth-order valence-corrected chi connectivity index (χ4v) is 3.25. The van der Waals surface area contributed by atoms with Crippen LogP contribution in [0.3, 0.4) is 0 Å². The van der Waals surface area contributed by atoms with E-state index in [2.05, 4.69) is 17.4 Å². The van der Waals surface area contributed by atoms with E-state index in [9.17, 15) is 4.79 Å². The fraction of sp³-hybridized carbons (Fsp3) is 0.562. The molecular formula is C16H21NO. The van der Waals surface area contributed by atoms with Crippen LogP contribution in [0.2, 0.25) is 0 Å². The molecule has 0 amide bonds. The molecule has 1 heterocycles. The Morgan fingerprint density at radius 3 is 2.89 bits per heavy atom. The first-order valence-electron chi connectivity index (χ1n) is 7.23. The third-order valence-electron chi connectivity index (χ3n) is 4.34. The molecule has 1 N–H and O–H groups in total. The van der Waals surface area contributed by atoms with Gasteiger partial charge in [0.15, 0.2) is 5.78 Å². The zero-order valence-corrected chi connectivity index (χ0v) is 10.9. The van der Waals surface area contributed by atoms with Crippen molar-refractivity contribution in [2.75, 3.05) is 11.9 Å². The number of hydrogen-bond donors (Lipinski definition) is 1. The van der Waals surface area contributed by atoms with Crippen molar-refractivity contribution in [2.24, 2.45) is 5.92 Å². The largest absolute Gasteiger partial charge is 0.384 e. The predicted octanol–water partition coefficient (Wildman–Crippen LogP) is 3.81. The second-order valence-electron chi connectivity index (χ2n) is 5.68. The molecule has 0 bridgehead atoms. The van der Waals surface area contributed by atoms with E-state index in [-0.39, 0.29) is 0 Å². The van der Waals surface area contributed by atoms with E-state index in [1.54, 1.807) is 0 Å². The number of rotatable bonds is 3. The van der Waals surface area contributed by atoms with E-state index in [1.807, 2.05) is 6.07 Å². The lowest BCUT2D eigenvalue weighted by atomic mass is 9.84. The van der Waals surface area contributed by atoms with Gasteiger partial charge in [0.2, 0.25) is 0 Å². The van der Waals surface area contributed by atoms with Gasteiger partial charge in [-0.25, -0.2) is 0 Å². The molecule has 0 saturated heterocycles. The number of nitrogens with one attached hydrogen (secondary N) is 1. The SMILES string of the molecule is O=C(CC1CCCCC1)c1ccc2c(c1)CCN2. The Morgan fingerprint density at radius 1 is 1.22 bits per heavy atom. The summed E-state index contributed by atoms with van der Waals surface area (Å²) in [6.45, 7) is 1.01. The van der Waals surface area contributed by atoms with Crippen LogP contribution in [0.5, 0.6) is 0 Å². The van der Waals surface area contributed by atoms with Gasteiger partial charge in [-0.2, -0.15) is 0 Å². The third kappa shape index (κ3) is 2.43. The molecule has 2 aliphatic rings. The zero-order chi connectivity index (χ0) is 12.4. The van der Waals surface area contributed by atoms with Crippen molar-refractivity contribution in [3.05, 3.63) is 29.3 Å². The van der Waals surface area contributed by atoms with Gasteiger partial charge in [-0.3, -0.25) is 4.79 Å². The number of ketones is 1.